The number of unbranched alkanes of at least 4 members (excludes halogenated alkanes) is 2. The van der Waals surface area contributed by atoms with Crippen LogP contribution in [-0.2, 0) is 10.0 Å². The predicted molar refractivity (Wildman–Crippen MR) is 97.0 cm³/mol. The molecule has 2 aromatic rings. The summed E-state index contributed by atoms with van der Waals surface area (Å²) < 4.78 is 30.1. The van der Waals surface area contributed by atoms with Crippen LogP contribution in [0.2, 0.25) is 0 Å². The van der Waals surface area contributed by atoms with Gasteiger partial charge in [0.15, 0.2) is 0 Å². The molecule has 0 saturated heterocycles. The highest BCUT2D eigenvalue weighted by atomic mass is 32.2. The fraction of sp³-hybridized carbons (Fsp3) is 0.500. The second-order valence-corrected chi connectivity index (χ2v) is 7.92. The van der Waals surface area contributed by atoms with E-state index >= 15 is 0 Å². The molecule has 0 aliphatic heterocycles. The third kappa shape index (κ3) is 4.24. The van der Waals surface area contributed by atoms with E-state index in [1.165, 1.54) is 0 Å². The number of aromatic nitrogens is 2. The molecule has 24 heavy (non-hydrogen) atoms. The van der Waals surface area contributed by atoms with E-state index in [2.05, 4.69) is 16.7 Å². The smallest absolute Gasteiger partial charge is 0.236 e. The molecular formula is C18H27N3O2S. The number of hydrogen-bond donors (Lipinski definition) is 1. The van der Waals surface area contributed by atoms with Gasteiger partial charge in [-0.25, -0.2) is 17.8 Å². The largest absolute Gasteiger partial charge is 0.244 e. The highest BCUT2D eigenvalue weighted by molar-refractivity contribution is 7.89. The lowest BCUT2D eigenvalue weighted by atomic mass is 10.1. The van der Waals surface area contributed by atoms with Crippen LogP contribution in [-0.4, -0.2) is 24.2 Å². The van der Waals surface area contributed by atoms with Crippen LogP contribution in [0.4, 0.5) is 0 Å². The van der Waals surface area contributed by atoms with Gasteiger partial charge in [0.05, 0.1) is 17.1 Å². The normalized spacial score (nSPS) is 13.2. The van der Waals surface area contributed by atoms with Crippen LogP contribution in [0.25, 0.3) is 5.69 Å². The molecule has 0 spiro atoms. The maximum Gasteiger partial charge on any atom is 0.244 e. The molecule has 1 atom stereocenters. The van der Waals surface area contributed by atoms with E-state index in [1.54, 1.807) is 18.5 Å². The first-order valence-corrected chi connectivity index (χ1v) is 9.99. The molecular weight excluding hydrogens is 322 g/mol. The van der Waals surface area contributed by atoms with Gasteiger partial charge in [0.2, 0.25) is 10.0 Å². The van der Waals surface area contributed by atoms with Crippen molar-refractivity contribution in [3.63, 3.8) is 0 Å². The summed E-state index contributed by atoms with van der Waals surface area (Å²) in [4.78, 5) is 0.286. The third-order valence-electron chi connectivity index (χ3n) is 4.09. The number of benzene rings is 1. The second-order valence-electron chi connectivity index (χ2n) is 6.27. The zero-order valence-electron chi connectivity index (χ0n) is 14.9. The Morgan fingerprint density at radius 3 is 2.46 bits per heavy atom. The minimum Gasteiger partial charge on any atom is -0.236 e. The van der Waals surface area contributed by atoms with E-state index in [1.807, 2.05) is 37.3 Å². The van der Waals surface area contributed by atoms with Crippen molar-refractivity contribution in [1.82, 2.24) is 14.5 Å². The maximum absolute atomic E-state index is 12.8. The number of hydrogen-bond acceptors (Lipinski definition) is 3. The number of para-hydroxylation sites is 1. The minimum atomic E-state index is -3.58. The Morgan fingerprint density at radius 2 is 1.83 bits per heavy atom. The highest BCUT2D eigenvalue weighted by Gasteiger charge is 2.26. The molecule has 2 rings (SSSR count). The molecule has 6 heteroatoms. The van der Waals surface area contributed by atoms with Crippen molar-refractivity contribution in [2.45, 2.75) is 64.3 Å². The Morgan fingerprint density at radius 1 is 1.17 bits per heavy atom. The van der Waals surface area contributed by atoms with Crippen molar-refractivity contribution in [2.24, 2.45) is 0 Å². The summed E-state index contributed by atoms with van der Waals surface area (Å²) in [7, 11) is -3.58. The molecule has 0 aliphatic carbocycles. The lowest BCUT2D eigenvalue weighted by Gasteiger charge is -2.14. The summed E-state index contributed by atoms with van der Waals surface area (Å²) in [5.41, 5.74) is 2.01. The molecule has 0 saturated carbocycles. The van der Waals surface area contributed by atoms with Gasteiger partial charge in [0.25, 0.3) is 0 Å². The van der Waals surface area contributed by atoms with Gasteiger partial charge in [-0.15, -0.1) is 0 Å². The lowest BCUT2D eigenvalue weighted by molar-refractivity contribution is 0.526. The van der Waals surface area contributed by atoms with E-state index in [9.17, 15) is 8.42 Å². The molecule has 1 unspecified atom stereocenters. The topological polar surface area (TPSA) is 64.0 Å². The second kappa shape index (κ2) is 7.94. The van der Waals surface area contributed by atoms with Crippen LogP contribution in [0.15, 0.2) is 35.2 Å². The SMILES string of the molecule is CCCCCC(C)NS(=O)(=O)c1c(C)nn(-c2ccccc2)c1C. The van der Waals surface area contributed by atoms with E-state index in [0.29, 0.717) is 11.4 Å². The van der Waals surface area contributed by atoms with Crippen LogP contribution in [0.3, 0.4) is 0 Å². The van der Waals surface area contributed by atoms with Crippen molar-refractivity contribution >= 4 is 10.0 Å². The van der Waals surface area contributed by atoms with Crippen molar-refractivity contribution in [3.05, 3.63) is 41.7 Å². The first kappa shape index (κ1) is 18.7. The number of nitrogens with one attached hydrogen (secondary N) is 1. The van der Waals surface area contributed by atoms with Gasteiger partial charge < -0.3 is 0 Å². The molecule has 1 N–H and O–H groups in total. The van der Waals surface area contributed by atoms with Crippen molar-refractivity contribution in [2.75, 3.05) is 0 Å². The Labute approximate surface area is 145 Å². The van der Waals surface area contributed by atoms with Gasteiger partial charge >= 0.3 is 0 Å². The monoisotopic (exact) mass is 349 g/mol. The van der Waals surface area contributed by atoms with Crippen molar-refractivity contribution < 1.29 is 8.42 Å². The summed E-state index contributed by atoms with van der Waals surface area (Å²) in [6.07, 6.45) is 4.12. The molecule has 5 nitrogen and oxygen atoms in total. The molecule has 0 fully saturated rings. The quantitative estimate of drug-likeness (QED) is 0.739. The van der Waals surface area contributed by atoms with Crippen LogP contribution < -0.4 is 4.72 Å². The molecule has 132 valence electrons. The summed E-state index contributed by atoms with van der Waals surface area (Å²) in [6, 6.07) is 9.49. The maximum atomic E-state index is 12.8. The van der Waals surface area contributed by atoms with Crippen LogP contribution in [0, 0.1) is 13.8 Å². The number of rotatable bonds is 8. The van der Waals surface area contributed by atoms with Crippen LogP contribution in [0.5, 0.6) is 0 Å². The van der Waals surface area contributed by atoms with E-state index in [-0.39, 0.29) is 10.9 Å². The van der Waals surface area contributed by atoms with Gasteiger partial charge in [-0.3, -0.25) is 0 Å². The van der Waals surface area contributed by atoms with Crippen LogP contribution in [0.1, 0.15) is 50.9 Å². The Hall–Kier alpha value is -1.66. The average Bonchev–Trinajstić information content (AvgIpc) is 2.83. The lowest BCUT2D eigenvalue weighted by Crippen LogP contribution is -2.33. The summed E-state index contributed by atoms with van der Waals surface area (Å²) in [5.74, 6) is 0. The third-order valence-corrected chi connectivity index (χ3v) is 5.93. The zero-order valence-corrected chi connectivity index (χ0v) is 15.7. The van der Waals surface area contributed by atoms with E-state index in [4.69, 9.17) is 0 Å². The Kier molecular flexibility index (Phi) is 6.18. The van der Waals surface area contributed by atoms with Crippen molar-refractivity contribution in [1.29, 1.82) is 0 Å². The van der Waals surface area contributed by atoms with E-state index < -0.39 is 10.0 Å². The summed E-state index contributed by atoms with van der Waals surface area (Å²) >= 11 is 0. The van der Waals surface area contributed by atoms with Gasteiger partial charge in [-0.2, -0.15) is 5.10 Å². The molecule has 0 amide bonds. The highest BCUT2D eigenvalue weighted by Crippen LogP contribution is 2.23. The van der Waals surface area contributed by atoms with Gasteiger partial charge in [-0.05, 0) is 39.3 Å². The first-order chi connectivity index (χ1) is 11.4. The number of sulfonamides is 1. The predicted octanol–water partition coefficient (Wildman–Crippen LogP) is 3.74. The van der Waals surface area contributed by atoms with Gasteiger partial charge in [0, 0.05) is 6.04 Å². The molecule has 0 radical (unpaired) electrons. The fourth-order valence-electron chi connectivity index (χ4n) is 2.92. The van der Waals surface area contributed by atoms with Gasteiger partial charge in [0.1, 0.15) is 4.90 Å². The molecule has 1 heterocycles. The standard InChI is InChI=1S/C18H27N3O2S/c1-5-6-8-11-14(2)20-24(22,23)18-15(3)19-21(16(18)4)17-12-9-7-10-13-17/h7,9-10,12-14,20H,5-6,8,11H2,1-4H3. The Bertz CT molecular complexity index is 767. The molecule has 0 bridgehead atoms. The first-order valence-electron chi connectivity index (χ1n) is 8.50. The van der Waals surface area contributed by atoms with Crippen LogP contribution >= 0.6 is 0 Å². The number of nitrogens with zero attached hydrogens (tertiary/aromatic N) is 2. The number of aryl methyl sites for hydroxylation is 1. The average molecular weight is 350 g/mol. The van der Waals surface area contributed by atoms with Gasteiger partial charge in [-0.1, -0.05) is 44.4 Å². The molecule has 1 aromatic carbocycles. The molecule has 0 aliphatic rings. The van der Waals surface area contributed by atoms with E-state index in [0.717, 1.165) is 31.4 Å². The summed E-state index contributed by atoms with van der Waals surface area (Å²) in [5, 5.41) is 4.43. The molecule has 1 aromatic heterocycles. The zero-order chi connectivity index (χ0) is 17.7. The van der Waals surface area contributed by atoms with Crippen molar-refractivity contribution in [3.8, 4) is 5.69 Å². The Balaban J connectivity index is 2.26. The summed E-state index contributed by atoms with van der Waals surface area (Å²) in [6.45, 7) is 7.59. The minimum absolute atomic E-state index is 0.0829. The fourth-order valence-corrected chi connectivity index (χ4v) is 4.59.